The molecule has 0 saturated heterocycles. The average Bonchev–Trinajstić information content (AvgIpc) is 3.40. The number of aromatic hydroxyl groups is 2. The third-order valence-electron chi connectivity index (χ3n) is 9.27. The van der Waals surface area contributed by atoms with Crippen LogP contribution in [0, 0.1) is 0 Å². The van der Waals surface area contributed by atoms with E-state index >= 15 is 0 Å². The Labute approximate surface area is 291 Å². The fourth-order valence-electron chi connectivity index (χ4n) is 6.57. The summed E-state index contributed by atoms with van der Waals surface area (Å²) in [4.78, 5) is 52.1. The van der Waals surface area contributed by atoms with Crippen molar-refractivity contribution in [2.24, 2.45) is 0 Å². The number of phenols is 2. The zero-order valence-electron chi connectivity index (χ0n) is 28.6. The maximum atomic E-state index is 13.6. The number of rotatable bonds is 9. The number of phenolic OH excluding ortho intramolecular Hbond substituents is 2. The third-order valence-corrected chi connectivity index (χ3v) is 9.27. The monoisotopic (exact) mass is 684 g/mol. The molecule has 50 heavy (non-hydrogen) atoms. The van der Waals surface area contributed by atoms with Crippen molar-refractivity contribution in [3.63, 3.8) is 0 Å². The van der Waals surface area contributed by atoms with E-state index < -0.39 is 29.7 Å². The number of allylic oxidation sites excluding steroid dienone is 1. The largest absolute Gasteiger partial charge is 0.507 e. The van der Waals surface area contributed by atoms with Gasteiger partial charge in [-0.05, 0) is 92.1 Å². The van der Waals surface area contributed by atoms with Gasteiger partial charge in [-0.3, -0.25) is 14.4 Å². The molecule has 0 saturated carbocycles. The van der Waals surface area contributed by atoms with Crippen LogP contribution < -0.4 is 20.1 Å². The predicted octanol–water partition coefficient (Wildman–Crippen LogP) is 6.36. The van der Waals surface area contributed by atoms with Crippen molar-refractivity contribution in [2.75, 3.05) is 26.1 Å². The first-order valence-electron chi connectivity index (χ1n) is 17.0. The average molecular weight is 685 g/mol. The summed E-state index contributed by atoms with van der Waals surface area (Å²) in [6.45, 7) is 1.92. The number of benzene rings is 3. The summed E-state index contributed by atoms with van der Waals surface area (Å²) in [5.41, 5.74) is 2.24. The van der Waals surface area contributed by atoms with Gasteiger partial charge < -0.3 is 35.1 Å². The van der Waals surface area contributed by atoms with Crippen LogP contribution in [-0.4, -0.2) is 60.6 Å². The van der Waals surface area contributed by atoms with Crippen LogP contribution >= 0.6 is 0 Å². The van der Waals surface area contributed by atoms with Gasteiger partial charge in [-0.2, -0.15) is 0 Å². The van der Waals surface area contributed by atoms with Crippen LogP contribution in [0.5, 0.6) is 23.0 Å². The van der Waals surface area contributed by atoms with Gasteiger partial charge in [-0.15, -0.1) is 0 Å². The minimum atomic E-state index is -0.876. The minimum absolute atomic E-state index is 0.00461. The molecule has 3 aromatic rings. The third kappa shape index (κ3) is 8.45. The van der Waals surface area contributed by atoms with Gasteiger partial charge in [0.1, 0.15) is 34.3 Å². The smallest absolute Gasteiger partial charge is 0.342 e. The van der Waals surface area contributed by atoms with Crippen LogP contribution in [0.3, 0.4) is 0 Å². The van der Waals surface area contributed by atoms with Crippen molar-refractivity contribution in [3.8, 4) is 23.0 Å². The topological polar surface area (TPSA) is 160 Å². The number of hydrogen-bond donors (Lipinski definition) is 4. The van der Waals surface area contributed by atoms with Crippen LogP contribution in [0.2, 0.25) is 0 Å². The molecule has 2 amide bonds. The molecule has 0 aliphatic carbocycles. The summed E-state index contributed by atoms with van der Waals surface area (Å²) in [6, 6.07) is 13.6. The summed E-state index contributed by atoms with van der Waals surface area (Å²) in [6.07, 6.45) is 6.16. The summed E-state index contributed by atoms with van der Waals surface area (Å²) < 4.78 is 16.4. The molecule has 11 heteroatoms. The van der Waals surface area contributed by atoms with E-state index in [0.717, 1.165) is 5.56 Å². The second-order valence-corrected chi connectivity index (χ2v) is 12.7. The Balaban J connectivity index is 1.44. The van der Waals surface area contributed by atoms with Crippen molar-refractivity contribution in [3.05, 3.63) is 82.4 Å². The molecule has 3 atom stereocenters. The van der Waals surface area contributed by atoms with Crippen LogP contribution in [-0.2, 0) is 19.1 Å². The van der Waals surface area contributed by atoms with Gasteiger partial charge in [0, 0.05) is 43.0 Å². The standard InChI is InChI=1S/C39H44N2O9/c1-23-8-7-11-26(42)10-6-4-5-9-25-20-33(43)36(37(45)35(25)39(47)50-23)30(24-12-14-27(48-2)15-13-24)22-34(44)40-19-18-29-31-21-28(49-3)16-17-32(31)41-38(29)46/h5,9,12-17,20-21,23,29-30,43,45H,4,6-8,10-11,18-19,22H2,1-3H3,(H,40,44)(H,41,46)/t23-,29?,30?/m0/s1. The highest BCUT2D eigenvalue weighted by Crippen LogP contribution is 2.44. The number of ketones is 1. The Morgan fingerprint density at radius 1 is 1.00 bits per heavy atom. The van der Waals surface area contributed by atoms with E-state index in [1.54, 1.807) is 62.6 Å². The number of esters is 1. The van der Waals surface area contributed by atoms with Crippen molar-refractivity contribution in [2.45, 2.75) is 76.2 Å². The first kappa shape index (κ1) is 36.0. The fraction of sp³-hybridized carbons (Fsp3) is 0.385. The highest BCUT2D eigenvalue weighted by Gasteiger charge is 2.33. The molecule has 2 unspecified atom stereocenters. The quantitative estimate of drug-likeness (QED) is 0.188. The number of nitrogens with one attached hydrogen (secondary N) is 2. The lowest BCUT2D eigenvalue weighted by molar-refractivity contribution is -0.122. The maximum absolute atomic E-state index is 13.6. The molecular formula is C39H44N2O9. The molecule has 0 aromatic heterocycles. The van der Waals surface area contributed by atoms with Gasteiger partial charge in [0.25, 0.3) is 0 Å². The summed E-state index contributed by atoms with van der Waals surface area (Å²) in [5.74, 6) is -2.10. The molecule has 2 aliphatic heterocycles. The van der Waals surface area contributed by atoms with Crippen molar-refractivity contribution >= 4 is 35.3 Å². The lowest BCUT2D eigenvalue weighted by Crippen LogP contribution is -2.28. The van der Waals surface area contributed by atoms with Gasteiger partial charge in [-0.25, -0.2) is 4.79 Å². The molecule has 4 N–H and O–H groups in total. The highest BCUT2D eigenvalue weighted by molar-refractivity contribution is 6.03. The molecule has 11 nitrogen and oxygen atoms in total. The number of carbonyl (C=O) groups excluding carboxylic acids is 4. The lowest BCUT2D eigenvalue weighted by Gasteiger charge is -2.23. The first-order valence-corrected chi connectivity index (χ1v) is 17.0. The van der Waals surface area contributed by atoms with Crippen LogP contribution in [0.25, 0.3) is 6.08 Å². The SMILES string of the molecule is COc1ccc(C(CC(=O)NCCC2C(=O)Nc3ccc(OC)cc32)c2c(O)cc3c(c2O)C(=O)O[C@@H](C)CCCC(=O)CCCC=C3)cc1. The molecule has 0 radical (unpaired) electrons. The summed E-state index contributed by atoms with van der Waals surface area (Å²) in [5, 5.41) is 29.0. The van der Waals surface area contributed by atoms with Crippen LogP contribution in [0.1, 0.15) is 103 Å². The zero-order chi connectivity index (χ0) is 35.8. The summed E-state index contributed by atoms with van der Waals surface area (Å²) in [7, 11) is 3.08. The van der Waals surface area contributed by atoms with Gasteiger partial charge in [0.2, 0.25) is 11.8 Å². The molecule has 0 bridgehead atoms. The van der Waals surface area contributed by atoms with E-state index in [1.807, 2.05) is 6.07 Å². The molecule has 0 spiro atoms. The van der Waals surface area contributed by atoms with Crippen molar-refractivity contribution < 1.29 is 43.6 Å². The molecule has 0 fully saturated rings. The molecular weight excluding hydrogens is 640 g/mol. The van der Waals surface area contributed by atoms with Crippen LogP contribution in [0.15, 0.2) is 54.6 Å². The summed E-state index contributed by atoms with van der Waals surface area (Å²) >= 11 is 0. The number of fused-ring (bicyclic) bond motifs is 2. The van der Waals surface area contributed by atoms with Gasteiger partial charge in [-0.1, -0.05) is 24.3 Å². The number of cyclic esters (lactones) is 1. The Morgan fingerprint density at radius 3 is 2.46 bits per heavy atom. The molecule has 264 valence electrons. The molecule has 2 heterocycles. The van der Waals surface area contributed by atoms with E-state index in [0.29, 0.717) is 67.7 Å². The second kappa shape index (κ2) is 16.4. The van der Waals surface area contributed by atoms with E-state index in [2.05, 4.69) is 10.6 Å². The normalized spacial score (nSPS) is 18.6. The number of methoxy groups -OCH3 is 2. The Bertz CT molecular complexity index is 1770. The highest BCUT2D eigenvalue weighted by atomic mass is 16.5. The van der Waals surface area contributed by atoms with E-state index in [1.165, 1.54) is 13.2 Å². The number of carbonyl (C=O) groups is 4. The first-order chi connectivity index (χ1) is 24.1. The Hall–Kier alpha value is -5.32. The number of anilines is 1. The van der Waals surface area contributed by atoms with Crippen LogP contribution in [0.4, 0.5) is 5.69 Å². The van der Waals surface area contributed by atoms with E-state index in [4.69, 9.17) is 14.2 Å². The minimum Gasteiger partial charge on any atom is -0.507 e. The number of hydrogen-bond acceptors (Lipinski definition) is 9. The molecule has 5 rings (SSSR count). The zero-order valence-corrected chi connectivity index (χ0v) is 28.6. The van der Waals surface area contributed by atoms with Gasteiger partial charge >= 0.3 is 5.97 Å². The Kier molecular flexibility index (Phi) is 11.8. The van der Waals surface area contributed by atoms with E-state index in [-0.39, 0.29) is 53.0 Å². The molecule has 3 aromatic carbocycles. The number of ether oxygens (including phenoxy) is 3. The van der Waals surface area contributed by atoms with Crippen molar-refractivity contribution in [1.82, 2.24) is 5.32 Å². The van der Waals surface area contributed by atoms with Crippen molar-refractivity contribution in [1.29, 1.82) is 0 Å². The second-order valence-electron chi connectivity index (χ2n) is 12.7. The number of Topliss-reactive ketones (excluding diaryl/α,β-unsaturated/α-hetero) is 1. The Morgan fingerprint density at radius 2 is 1.72 bits per heavy atom. The van der Waals surface area contributed by atoms with E-state index in [9.17, 15) is 29.4 Å². The predicted molar refractivity (Wildman–Crippen MR) is 188 cm³/mol. The lowest BCUT2D eigenvalue weighted by atomic mass is 9.84. The molecule has 2 aliphatic rings. The van der Waals surface area contributed by atoms with Gasteiger partial charge in [0.15, 0.2) is 0 Å². The maximum Gasteiger partial charge on any atom is 0.342 e. The fourth-order valence-corrected chi connectivity index (χ4v) is 6.57. The number of amides is 2. The van der Waals surface area contributed by atoms with Gasteiger partial charge in [0.05, 0.1) is 26.2 Å².